The zero-order chi connectivity index (χ0) is 16.4. The molecule has 1 aliphatic heterocycles. The van der Waals surface area contributed by atoms with Gasteiger partial charge in [-0.05, 0) is 23.6 Å². The minimum atomic E-state index is -0.0442. The van der Waals surface area contributed by atoms with E-state index in [-0.39, 0.29) is 6.10 Å². The minimum absolute atomic E-state index is 0.0442. The van der Waals surface area contributed by atoms with Crippen LogP contribution in [0.3, 0.4) is 0 Å². The van der Waals surface area contributed by atoms with Gasteiger partial charge >= 0.3 is 0 Å². The summed E-state index contributed by atoms with van der Waals surface area (Å²) in [5.41, 5.74) is 3.32. The summed E-state index contributed by atoms with van der Waals surface area (Å²) in [5, 5.41) is 4.04. The smallest absolute Gasteiger partial charge is 0.229 e. The second kappa shape index (κ2) is 6.41. The molecule has 6 nitrogen and oxygen atoms in total. The monoisotopic (exact) mass is 323 g/mol. The zero-order valence-corrected chi connectivity index (χ0v) is 13.3. The third-order valence-corrected chi connectivity index (χ3v) is 4.12. The van der Waals surface area contributed by atoms with Crippen LogP contribution in [-0.2, 0) is 17.6 Å². The Balaban J connectivity index is 1.53. The van der Waals surface area contributed by atoms with E-state index in [2.05, 4.69) is 33.3 Å². The van der Waals surface area contributed by atoms with Crippen LogP contribution < -0.4 is 4.74 Å². The number of methoxy groups -OCH3 is 1. The lowest BCUT2D eigenvalue weighted by molar-refractivity contribution is 0.0375. The molecule has 1 aromatic carbocycles. The number of ether oxygens (including phenoxy) is 2. The van der Waals surface area contributed by atoms with E-state index in [1.165, 1.54) is 11.1 Å². The highest BCUT2D eigenvalue weighted by Gasteiger charge is 2.23. The minimum Gasteiger partial charge on any atom is -0.481 e. The molecule has 0 saturated carbocycles. The van der Waals surface area contributed by atoms with Crippen LogP contribution >= 0.6 is 0 Å². The van der Waals surface area contributed by atoms with Crippen LogP contribution in [0.4, 0.5) is 0 Å². The maximum atomic E-state index is 5.90. The number of pyridine rings is 1. The maximum absolute atomic E-state index is 5.90. The fourth-order valence-electron chi connectivity index (χ4n) is 2.89. The van der Waals surface area contributed by atoms with Gasteiger partial charge in [-0.3, -0.25) is 0 Å². The Morgan fingerprint density at radius 3 is 2.96 bits per heavy atom. The van der Waals surface area contributed by atoms with E-state index in [4.69, 9.17) is 14.0 Å². The molecule has 4 rings (SSSR count). The van der Waals surface area contributed by atoms with Crippen molar-refractivity contribution in [3.8, 4) is 17.3 Å². The zero-order valence-electron chi connectivity index (χ0n) is 13.3. The first-order valence-electron chi connectivity index (χ1n) is 7.86. The molecular formula is C18H17N3O3. The van der Waals surface area contributed by atoms with Crippen molar-refractivity contribution in [3.05, 3.63) is 59.6 Å². The molecule has 1 atom stereocenters. The number of rotatable bonds is 4. The third kappa shape index (κ3) is 2.88. The highest BCUT2D eigenvalue weighted by Crippen LogP contribution is 2.30. The van der Waals surface area contributed by atoms with Crippen molar-refractivity contribution in [2.24, 2.45) is 0 Å². The summed E-state index contributed by atoms with van der Waals surface area (Å²) < 4.78 is 16.3. The number of benzene rings is 1. The fourth-order valence-corrected chi connectivity index (χ4v) is 2.89. The Morgan fingerprint density at radius 1 is 1.21 bits per heavy atom. The van der Waals surface area contributed by atoms with Gasteiger partial charge in [-0.25, -0.2) is 4.98 Å². The van der Waals surface area contributed by atoms with Crippen molar-refractivity contribution in [1.29, 1.82) is 0 Å². The predicted octanol–water partition coefficient (Wildman–Crippen LogP) is 3.00. The second-order valence-electron chi connectivity index (χ2n) is 5.61. The van der Waals surface area contributed by atoms with Crippen LogP contribution in [0.5, 0.6) is 5.88 Å². The third-order valence-electron chi connectivity index (χ3n) is 4.12. The van der Waals surface area contributed by atoms with E-state index in [1.54, 1.807) is 19.4 Å². The van der Waals surface area contributed by atoms with Crippen molar-refractivity contribution >= 4 is 0 Å². The summed E-state index contributed by atoms with van der Waals surface area (Å²) in [7, 11) is 1.58. The number of fused-ring (bicyclic) bond motifs is 1. The van der Waals surface area contributed by atoms with Gasteiger partial charge in [-0.15, -0.1) is 0 Å². The highest BCUT2D eigenvalue weighted by atomic mass is 16.5. The Hall–Kier alpha value is -2.73. The summed E-state index contributed by atoms with van der Waals surface area (Å²) in [6.45, 7) is 0.713. The van der Waals surface area contributed by atoms with E-state index in [1.807, 2.05) is 12.1 Å². The molecule has 0 N–H and O–H groups in total. The van der Waals surface area contributed by atoms with Crippen molar-refractivity contribution in [3.63, 3.8) is 0 Å². The average molecular weight is 323 g/mol. The molecule has 0 radical (unpaired) electrons. The van der Waals surface area contributed by atoms with Crippen LogP contribution in [0.2, 0.25) is 0 Å². The van der Waals surface area contributed by atoms with Gasteiger partial charge in [-0.2, -0.15) is 4.98 Å². The van der Waals surface area contributed by atoms with Crippen molar-refractivity contribution < 1.29 is 14.0 Å². The van der Waals surface area contributed by atoms with E-state index in [0.717, 1.165) is 12.0 Å². The molecule has 3 aromatic rings. The maximum Gasteiger partial charge on any atom is 0.229 e. The van der Waals surface area contributed by atoms with Crippen LogP contribution in [0, 0.1) is 0 Å². The van der Waals surface area contributed by atoms with Crippen LogP contribution in [0.15, 0.2) is 47.1 Å². The van der Waals surface area contributed by atoms with Crippen LogP contribution in [0.1, 0.15) is 23.1 Å². The first kappa shape index (κ1) is 14.8. The van der Waals surface area contributed by atoms with Gasteiger partial charge in [0.15, 0.2) is 0 Å². The Bertz CT molecular complexity index is 830. The van der Waals surface area contributed by atoms with Gasteiger partial charge in [0, 0.05) is 17.8 Å². The Kier molecular flexibility index (Phi) is 3.96. The highest BCUT2D eigenvalue weighted by molar-refractivity contribution is 5.53. The van der Waals surface area contributed by atoms with Crippen LogP contribution in [-0.4, -0.2) is 28.8 Å². The van der Waals surface area contributed by atoms with E-state index in [0.29, 0.717) is 30.6 Å². The SMILES string of the molecule is COc1ccc(-c2noc(CC3OCCc4ccccc43)n2)cn1. The molecule has 0 fully saturated rings. The average Bonchev–Trinajstić information content (AvgIpc) is 3.11. The lowest BCUT2D eigenvalue weighted by Crippen LogP contribution is -2.18. The molecular weight excluding hydrogens is 306 g/mol. The number of hydrogen-bond acceptors (Lipinski definition) is 6. The first-order valence-corrected chi connectivity index (χ1v) is 7.86. The molecule has 0 saturated heterocycles. The van der Waals surface area contributed by atoms with Gasteiger partial charge in [0.2, 0.25) is 17.6 Å². The topological polar surface area (TPSA) is 70.3 Å². The first-order chi connectivity index (χ1) is 11.8. The van der Waals surface area contributed by atoms with Crippen molar-refractivity contribution in [1.82, 2.24) is 15.1 Å². The second-order valence-corrected chi connectivity index (χ2v) is 5.61. The van der Waals surface area contributed by atoms with Crippen LogP contribution in [0.25, 0.3) is 11.4 Å². The Morgan fingerprint density at radius 2 is 2.12 bits per heavy atom. The fraction of sp³-hybridized carbons (Fsp3) is 0.278. The normalized spacial score (nSPS) is 16.6. The number of nitrogens with zero attached hydrogens (tertiary/aromatic N) is 3. The summed E-state index contributed by atoms with van der Waals surface area (Å²) >= 11 is 0. The van der Waals surface area contributed by atoms with Gasteiger partial charge in [0.25, 0.3) is 0 Å². The number of aromatic nitrogens is 3. The molecule has 1 aliphatic rings. The molecule has 24 heavy (non-hydrogen) atoms. The summed E-state index contributed by atoms with van der Waals surface area (Å²) in [5.74, 6) is 1.63. The molecule has 0 amide bonds. The lowest BCUT2D eigenvalue weighted by atomic mass is 9.96. The number of hydrogen-bond donors (Lipinski definition) is 0. The van der Waals surface area contributed by atoms with E-state index >= 15 is 0 Å². The quantitative estimate of drug-likeness (QED) is 0.735. The van der Waals surface area contributed by atoms with Gasteiger partial charge < -0.3 is 14.0 Å². The molecule has 6 heteroatoms. The molecule has 0 bridgehead atoms. The predicted molar refractivity (Wildman–Crippen MR) is 86.6 cm³/mol. The summed E-state index contributed by atoms with van der Waals surface area (Å²) in [6.07, 6.45) is 3.13. The molecule has 2 aromatic heterocycles. The van der Waals surface area contributed by atoms with E-state index in [9.17, 15) is 0 Å². The molecule has 3 heterocycles. The van der Waals surface area contributed by atoms with E-state index < -0.39 is 0 Å². The van der Waals surface area contributed by atoms with Crippen molar-refractivity contribution in [2.45, 2.75) is 18.9 Å². The summed E-state index contributed by atoms with van der Waals surface area (Å²) in [4.78, 5) is 8.62. The standard InChI is InChI=1S/C18H17N3O3/c1-22-16-7-6-13(11-19-16)18-20-17(24-21-18)10-15-14-5-3-2-4-12(14)8-9-23-15/h2-7,11,15H,8-10H2,1H3. The molecule has 0 spiro atoms. The molecule has 1 unspecified atom stereocenters. The van der Waals surface area contributed by atoms with Gasteiger partial charge in [-0.1, -0.05) is 29.4 Å². The summed E-state index contributed by atoms with van der Waals surface area (Å²) in [6, 6.07) is 12.0. The largest absolute Gasteiger partial charge is 0.481 e. The Labute approximate surface area is 139 Å². The van der Waals surface area contributed by atoms with Gasteiger partial charge in [0.1, 0.15) is 0 Å². The molecule has 122 valence electrons. The molecule has 0 aliphatic carbocycles. The van der Waals surface area contributed by atoms with Gasteiger partial charge in [0.05, 0.1) is 26.2 Å². The van der Waals surface area contributed by atoms with Crippen molar-refractivity contribution in [2.75, 3.05) is 13.7 Å². The lowest BCUT2D eigenvalue weighted by Gasteiger charge is -2.24.